The molecular weight excluding hydrogens is 403 g/mol. The predicted molar refractivity (Wildman–Crippen MR) is 106 cm³/mol. The van der Waals surface area contributed by atoms with E-state index in [1.807, 2.05) is 6.07 Å². The average molecular weight is 432 g/mol. The summed E-state index contributed by atoms with van der Waals surface area (Å²) in [6, 6.07) is 10.8. The van der Waals surface area contributed by atoms with Crippen LogP contribution in [-0.2, 0) is 4.74 Å². The molecule has 0 amide bonds. The number of hydrogen-bond acceptors (Lipinski definition) is 3. The van der Waals surface area contributed by atoms with Gasteiger partial charge >= 0.3 is 0 Å². The van der Waals surface area contributed by atoms with Gasteiger partial charge in [-0.2, -0.15) is 0 Å². The van der Waals surface area contributed by atoms with Crippen molar-refractivity contribution >= 4 is 29.9 Å². The summed E-state index contributed by atoms with van der Waals surface area (Å²) in [5.74, 6) is 0.636. The molecule has 0 saturated carbocycles. The molecule has 2 rings (SSSR count). The van der Waals surface area contributed by atoms with Gasteiger partial charge in [0.2, 0.25) is 0 Å². The standard InChI is InChI=1S/C17H28N4O.HI/c1-3-20(4-2)16(15-8-6-5-7-9-15)14-19-17(18)21-10-12-22-13-11-21;/h5-9,16H,3-4,10-14H2,1-2H3,(H2,18,19);1H. The molecule has 1 aliphatic heterocycles. The van der Waals surface area contributed by atoms with Crippen molar-refractivity contribution in [2.24, 2.45) is 10.7 Å². The van der Waals surface area contributed by atoms with Crippen LogP contribution in [-0.4, -0.2) is 61.7 Å². The lowest BCUT2D eigenvalue weighted by Crippen LogP contribution is -2.45. The van der Waals surface area contributed by atoms with Gasteiger partial charge in [-0.05, 0) is 18.7 Å². The minimum atomic E-state index is 0. The van der Waals surface area contributed by atoms with Crippen molar-refractivity contribution in [3.63, 3.8) is 0 Å². The molecule has 0 aliphatic carbocycles. The van der Waals surface area contributed by atoms with E-state index in [-0.39, 0.29) is 30.0 Å². The maximum atomic E-state index is 6.16. The van der Waals surface area contributed by atoms with Gasteiger partial charge in [0.05, 0.1) is 25.8 Å². The van der Waals surface area contributed by atoms with Gasteiger partial charge in [-0.15, -0.1) is 24.0 Å². The zero-order valence-corrected chi connectivity index (χ0v) is 16.5. The van der Waals surface area contributed by atoms with Gasteiger partial charge in [0.15, 0.2) is 5.96 Å². The Kier molecular flexibility index (Phi) is 9.50. The Bertz CT molecular complexity index is 459. The third-order valence-electron chi connectivity index (χ3n) is 4.20. The van der Waals surface area contributed by atoms with Crippen LogP contribution in [0.4, 0.5) is 0 Å². The van der Waals surface area contributed by atoms with Crippen molar-refractivity contribution < 1.29 is 4.74 Å². The average Bonchev–Trinajstić information content (AvgIpc) is 2.60. The number of rotatable bonds is 6. The summed E-state index contributed by atoms with van der Waals surface area (Å²) in [7, 11) is 0. The number of aliphatic imine (C=N–C) groups is 1. The van der Waals surface area contributed by atoms with Crippen LogP contribution >= 0.6 is 24.0 Å². The Morgan fingerprint density at radius 2 is 1.83 bits per heavy atom. The second kappa shape index (κ2) is 10.8. The minimum Gasteiger partial charge on any atom is -0.378 e. The fraction of sp³-hybridized carbons (Fsp3) is 0.588. The molecular formula is C17H29IN4O. The highest BCUT2D eigenvalue weighted by Crippen LogP contribution is 2.20. The van der Waals surface area contributed by atoms with Gasteiger partial charge in [0.1, 0.15) is 0 Å². The lowest BCUT2D eigenvalue weighted by atomic mass is 10.1. The SMILES string of the molecule is CCN(CC)C(CN=C(N)N1CCOCC1)c1ccccc1.I. The summed E-state index contributed by atoms with van der Waals surface area (Å²) >= 11 is 0. The van der Waals surface area contributed by atoms with E-state index < -0.39 is 0 Å². The van der Waals surface area contributed by atoms with Crippen molar-refractivity contribution in [1.29, 1.82) is 0 Å². The van der Waals surface area contributed by atoms with E-state index in [1.54, 1.807) is 0 Å². The van der Waals surface area contributed by atoms with Crippen molar-refractivity contribution in [1.82, 2.24) is 9.80 Å². The first-order valence-electron chi connectivity index (χ1n) is 8.17. The molecule has 0 aromatic heterocycles. The number of guanidine groups is 1. The number of morpholine rings is 1. The Morgan fingerprint density at radius 1 is 1.22 bits per heavy atom. The van der Waals surface area contributed by atoms with Gasteiger partial charge in [0.25, 0.3) is 0 Å². The lowest BCUT2D eigenvalue weighted by molar-refractivity contribution is 0.0673. The highest BCUT2D eigenvalue weighted by Gasteiger charge is 2.18. The number of hydrogen-bond donors (Lipinski definition) is 1. The summed E-state index contributed by atoms with van der Waals surface area (Å²) in [5.41, 5.74) is 7.46. The fourth-order valence-corrected chi connectivity index (χ4v) is 2.84. The maximum Gasteiger partial charge on any atom is 0.191 e. The Labute approximate surface area is 156 Å². The lowest BCUT2D eigenvalue weighted by Gasteiger charge is -2.31. The van der Waals surface area contributed by atoms with Crippen LogP contribution in [0, 0.1) is 0 Å². The molecule has 1 aromatic carbocycles. The molecule has 2 N–H and O–H groups in total. The number of nitrogens with two attached hydrogens (primary N) is 1. The molecule has 1 atom stereocenters. The van der Waals surface area contributed by atoms with Crippen molar-refractivity contribution in [2.75, 3.05) is 45.9 Å². The van der Waals surface area contributed by atoms with Gasteiger partial charge in [-0.3, -0.25) is 9.89 Å². The number of halogens is 1. The first-order valence-corrected chi connectivity index (χ1v) is 8.17. The summed E-state index contributed by atoms with van der Waals surface area (Å²) in [4.78, 5) is 9.19. The zero-order valence-electron chi connectivity index (χ0n) is 14.1. The summed E-state index contributed by atoms with van der Waals surface area (Å²) in [6.07, 6.45) is 0. The molecule has 1 unspecified atom stereocenters. The van der Waals surface area contributed by atoms with E-state index in [0.717, 1.165) is 39.4 Å². The van der Waals surface area contributed by atoms with Crippen LogP contribution in [0.1, 0.15) is 25.5 Å². The van der Waals surface area contributed by atoms with E-state index in [9.17, 15) is 0 Å². The number of ether oxygens (including phenoxy) is 1. The molecule has 130 valence electrons. The molecule has 1 fully saturated rings. The van der Waals surface area contributed by atoms with E-state index in [4.69, 9.17) is 10.5 Å². The van der Waals surface area contributed by atoms with Crippen molar-refractivity contribution in [2.45, 2.75) is 19.9 Å². The number of benzene rings is 1. The van der Waals surface area contributed by atoms with Gasteiger partial charge in [-0.25, -0.2) is 0 Å². The fourth-order valence-electron chi connectivity index (χ4n) is 2.84. The maximum absolute atomic E-state index is 6.16. The molecule has 0 bridgehead atoms. The van der Waals surface area contributed by atoms with Gasteiger partial charge < -0.3 is 15.4 Å². The Hall–Kier alpha value is -0.860. The summed E-state index contributed by atoms with van der Waals surface area (Å²) < 4.78 is 5.36. The summed E-state index contributed by atoms with van der Waals surface area (Å²) in [6.45, 7) is 10.2. The molecule has 0 spiro atoms. The summed E-state index contributed by atoms with van der Waals surface area (Å²) in [5, 5.41) is 0. The van der Waals surface area contributed by atoms with Crippen LogP contribution in [0.5, 0.6) is 0 Å². The molecule has 6 heteroatoms. The molecule has 1 aliphatic rings. The van der Waals surface area contributed by atoms with Gasteiger partial charge in [-0.1, -0.05) is 44.2 Å². The molecule has 5 nitrogen and oxygen atoms in total. The predicted octanol–water partition coefficient (Wildman–Crippen LogP) is 2.33. The topological polar surface area (TPSA) is 54.1 Å². The van der Waals surface area contributed by atoms with Crippen molar-refractivity contribution in [3.05, 3.63) is 35.9 Å². The zero-order chi connectivity index (χ0) is 15.8. The Balaban J connectivity index is 0.00000264. The monoisotopic (exact) mass is 432 g/mol. The first kappa shape index (κ1) is 20.2. The Morgan fingerprint density at radius 3 is 2.39 bits per heavy atom. The highest BCUT2D eigenvalue weighted by molar-refractivity contribution is 14.0. The highest BCUT2D eigenvalue weighted by atomic mass is 127. The molecule has 1 saturated heterocycles. The van der Waals surface area contributed by atoms with Gasteiger partial charge in [0, 0.05) is 13.1 Å². The van der Waals surface area contributed by atoms with Crippen LogP contribution in [0.3, 0.4) is 0 Å². The first-order chi connectivity index (χ1) is 10.8. The third kappa shape index (κ3) is 5.93. The van der Waals surface area contributed by atoms with Crippen LogP contribution < -0.4 is 5.73 Å². The largest absolute Gasteiger partial charge is 0.378 e. The van der Waals surface area contributed by atoms with E-state index in [2.05, 4.69) is 52.9 Å². The smallest absolute Gasteiger partial charge is 0.191 e. The number of nitrogens with zero attached hydrogens (tertiary/aromatic N) is 3. The quantitative estimate of drug-likeness (QED) is 0.426. The van der Waals surface area contributed by atoms with Crippen molar-refractivity contribution in [3.8, 4) is 0 Å². The van der Waals surface area contributed by atoms with E-state index >= 15 is 0 Å². The van der Waals surface area contributed by atoms with Crippen LogP contribution in [0.2, 0.25) is 0 Å². The van der Waals surface area contributed by atoms with Crippen LogP contribution in [0.25, 0.3) is 0 Å². The molecule has 0 radical (unpaired) electrons. The third-order valence-corrected chi connectivity index (χ3v) is 4.20. The molecule has 1 heterocycles. The van der Waals surface area contributed by atoms with E-state index in [0.29, 0.717) is 12.5 Å². The normalized spacial score (nSPS) is 17.0. The van der Waals surface area contributed by atoms with E-state index in [1.165, 1.54) is 5.56 Å². The second-order valence-corrected chi connectivity index (χ2v) is 5.45. The van der Waals surface area contributed by atoms with Crippen LogP contribution in [0.15, 0.2) is 35.3 Å². The minimum absolute atomic E-state index is 0. The molecule has 1 aromatic rings. The number of likely N-dealkylation sites (N-methyl/N-ethyl adjacent to an activating group) is 1. The molecule has 23 heavy (non-hydrogen) atoms. The second-order valence-electron chi connectivity index (χ2n) is 5.45.